The average molecular weight is 426 g/mol. The van der Waals surface area contributed by atoms with Gasteiger partial charge in [-0.3, -0.25) is 0 Å². The minimum absolute atomic E-state index is 0.0500. The van der Waals surface area contributed by atoms with Crippen LogP contribution in [0.1, 0.15) is 91.4 Å². The summed E-state index contributed by atoms with van der Waals surface area (Å²) in [5.41, 5.74) is 7.32. The molecular weight excluding hydrogens is 386 g/mol. The van der Waals surface area contributed by atoms with Gasteiger partial charge in [-0.05, 0) is 84.1 Å². The first kappa shape index (κ1) is 26.0. The number of hydrogen-bond donors (Lipinski definition) is 2. The SMILES string of the molecule is C1CCC([NH2+]C2CCCCC2)CC1.CC(C)(C)OC(=O)N[C@@H](CCN=[N+]=[N-])C(=O)[O-]. The zero-order valence-corrected chi connectivity index (χ0v) is 18.8. The Labute approximate surface area is 179 Å². The van der Waals surface area contributed by atoms with Gasteiger partial charge in [0.05, 0.1) is 24.1 Å². The number of nitrogens with one attached hydrogen (secondary N) is 1. The zero-order chi connectivity index (χ0) is 22.4. The fourth-order valence-electron chi connectivity index (χ4n) is 3.97. The standard InChI is InChI=1S/C12H23N.C9H16N4O4/c1-3-7-11(8-4-1)13-12-9-5-2-6-10-12;1-9(2,3)17-8(16)12-6(7(14)15)4-5-11-13-10/h11-13H,1-10H2;6H,4-5H2,1-3H3,(H,12,16)(H,14,15)/t;6-/m.0/s1. The molecule has 1 atom stereocenters. The lowest BCUT2D eigenvalue weighted by atomic mass is 9.91. The fourth-order valence-corrected chi connectivity index (χ4v) is 3.97. The van der Waals surface area contributed by atoms with E-state index in [0.29, 0.717) is 0 Å². The van der Waals surface area contributed by atoms with Gasteiger partial charge in [0.15, 0.2) is 0 Å². The van der Waals surface area contributed by atoms with E-state index >= 15 is 0 Å². The maximum absolute atomic E-state index is 11.3. The van der Waals surface area contributed by atoms with E-state index in [1.165, 1.54) is 64.2 Å². The molecule has 0 heterocycles. The Morgan fingerprint density at radius 2 is 1.60 bits per heavy atom. The van der Waals surface area contributed by atoms with Crippen molar-refractivity contribution in [2.24, 2.45) is 5.11 Å². The smallest absolute Gasteiger partial charge is 0.408 e. The summed E-state index contributed by atoms with van der Waals surface area (Å²) in [5, 5.41) is 18.7. The molecule has 0 unspecified atom stereocenters. The first-order valence-electron chi connectivity index (χ1n) is 11.3. The van der Waals surface area contributed by atoms with E-state index in [-0.39, 0.29) is 13.0 Å². The monoisotopic (exact) mass is 425 g/mol. The second-order valence-electron chi connectivity index (χ2n) is 9.25. The second-order valence-corrected chi connectivity index (χ2v) is 9.25. The molecule has 2 aliphatic carbocycles. The highest BCUT2D eigenvalue weighted by molar-refractivity contribution is 5.78. The number of amides is 1. The number of carbonyl (C=O) groups excluding carboxylic acids is 2. The number of azide groups is 1. The molecule has 0 aromatic heterocycles. The van der Waals surface area contributed by atoms with Gasteiger partial charge in [-0.15, -0.1) is 0 Å². The molecule has 3 N–H and O–H groups in total. The maximum atomic E-state index is 11.3. The summed E-state index contributed by atoms with van der Waals surface area (Å²) in [6.07, 6.45) is 14.0. The van der Waals surface area contributed by atoms with Crippen LogP contribution in [0.15, 0.2) is 5.11 Å². The van der Waals surface area contributed by atoms with Gasteiger partial charge < -0.3 is 25.3 Å². The van der Waals surface area contributed by atoms with Crippen molar-refractivity contribution >= 4 is 12.1 Å². The number of alkyl carbamates (subject to hydrolysis) is 1. The lowest BCUT2D eigenvalue weighted by Crippen LogP contribution is -2.95. The van der Waals surface area contributed by atoms with Gasteiger partial charge in [-0.25, -0.2) is 4.79 Å². The largest absolute Gasteiger partial charge is 0.548 e. The number of carbonyl (C=O) groups is 2. The molecule has 0 radical (unpaired) electrons. The zero-order valence-electron chi connectivity index (χ0n) is 18.8. The number of hydrogen-bond acceptors (Lipinski definition) is 5. The van der Waals surface area contributed by atoms with Gasteiger partial charge in [0.2, 0.25) is 0 Å². The number of rotatable bonds is 7. The van der Waals surface area contributed by atoms with E-state index in [1.54, 1.807) is 20.8 Å². The van der Waals surface area contributed by atoms with Crippen molar-refractivity contribution < 1.29 is 24.7 Å². The van der Waals surface area contributed by atoms with Crippen molar-refractivity contribution in [3.05, 3.63) is 10.4 Å². The summed E-state index contributed by atoms with van der Waals surface area (Å²) >= 11 is 0. The van der Waals surface area contributed by atoms with Crippen molar-refractivity contribution in [3.63, 3.8) is 0 Å². The number of aliphatic carboxylic acids is 1. The highest BCUT2D eigenvalue weighted by Crippen LogP contribution is 2.18. The van der Waals surface area contributed by atoms with E-state index in [0.717, 1.165) is 12.1 Å². The molecular formula is C21H39N5O4. The minimum Gasteiger partial charge on any atom is -0.548 e. The van der Waals surface area contributed by atoms with Crippen molar-refractivity contribution in [3.8, 4) is 0 Å². The van der Waals surface area contributed by atoms with Crippen LogP contribution < -0.4 is 15.7 Å². The van der Waals surface area contributed by atoms with Crippen LogP contribution in [0, 0.1) is 0 Å². The topological polar surface area (TPSA) is 144 Å². The summed E-state index contributed by atoms with van der Waals surface area (Å²) in [6, 6.07) is 0.754. The molecule has 0 spiro atoms. The summed E-state index contributed by atoms with van der Waals surface area (Å²) in [6.45, 7) is 4.91. The van der Waals surface area contributed by atoms with E-state index < -0.39 is 23.7 Å². The molecule has 2 aliphatic rings. The highest BCUT2D eigenvalue weighted by atomic mass is 16.6. The Kier molecular flexibility index (Phi) is 12.2. The van der Waals surface area contributed by atoms with Crippen LogP contribution in [0.25, 0.3) is 10.4 Å². The lowest BCUT2D eigenvalue weighted by Gasteiger charge is -2.27. The fraction of sp³-hybridized carbons (Fsp3) is 0.905. The Morgan fingerprint density at radius 1 is 1.10 bits per heavy atom. The number of carboxylic acid groups (broad SMARTS) is 1. The third-order valence-electron chi connectivity index (χ3n) is 5.40. The molecule has 0 bridgehead atoms. The number of carboxylic acids is 1. The third-order valence-corrected chi connectivity index (χ3v) is 5.40. The number of nitrogens with zero attached hydrogens (tertiary/aromatic N) is 3. The minimum atomic E-state index is -1.45. The molecule has 30 heavy (non-hydrogen) atoms. The average Bonchev–Trinajstić information content (AvgIpc) is 2.68. The van der Waals surface area contributed by atoms with Crippen molar-refractivity contribution in [2.45, 2.75) is 115 Å². The maximum Gasteiger partial charge on any atom is 0.408 e. The quantitative estimate of drug-likeness (QED) is 0.367. The molecule has 1 amide bonds. The van der Waals surface area contributed by atoms with Gasteiger partial charge in [-0.1, -0.05) is 18.0 Å². The van der Waals surface area contributed by atoms with Crippen LogP contribution in [-0.2, 0) is 9.53 Å². The summed E-state index contributed by atoms with van der Waals surface area (Å²) in [4.78, 5) is 24.4. The van der Waals surface area contributed by atoms with Crippen LogP contribution in [-0.4, -0.2) is 42.3 Å². The molecule has 2 fully saturated rings. The van der Waals surface area contributed by atoms with Crippen LogP contribution >= 0.6 is 0 Å². The Morgan fingerprint density at radius 3 is 2.00 bits per heavy atom. The van der Waals surface area contributed by atoms with Crippen molar-refractivity contribution in [1.29, 1.82) is 0 Å². The van der Waals surface area contributed by atoms with Gasteiger partial charge in [0.25, 0.3) is 0 Å². The first-order valence-corrected chi connectivity index (χ1v) is 11.3. The summed E-state index contributed by atoms with van der Waals surface area (Å²) < 4.78 is 4.88. The lowest BCUT2D eigenvalue weighted by molar-refractivity contribution is -0.725. The molecule has 0 saturated heterocycles. The third kappa shape index (κ3) is 12.5. The predicted molar refractivity (Wildman–Crippen MR) is 112 cm³/mol. The van der Waals surface area contributed by atoms with Crippen LogP contribution in [0.4, 0.5) is 4.79 Å². The molecule has 9 heteroatoms. The molecule has 2 rings (SSSR count). The molecule has 172 valence electrons. The van der Waals surface area contributed by atoms with Crippen LogP contribution in [0.5, 0.6) is 0 Å². The second kappa shape index (κ2) is 14.1. The normalized spacial score (nSPS) is 18.9. The van der Waals surface area contributed by atoms with Gasteiger partial charge in [0.1, 0.15) is 5.60 Å². The summed E-state index contributed by atoms with van der Waals surface area (Å²) in [5.74, 6) is -1.45. The van der Waals surface area contributed by atoms with Gasteiger partial charge in [0, 0.05) is 11.5 Å². The van der Waals surface area contributed by atoms with E-state index in [2.05, 4.69) is 20.7 Å². The number of nitrogens with two attached hydrogens (primary N) is 1. The Bertz CT molecular complexity index is 544. The molecule has 0 aromatic carbocycles. The van der Waals surface area contributed by atoms with Gasteiger partial charge in [-0.2, -0.15) is 0 Å². The number of ether oxygens (including phenoxy) is 1. The predicted octanol–water partition coefficient (Wildman–Crippen LogP) is 2.55. The van der Waals surface area contributed by atoms with Crippen LogP contribution in [0.3, 0.4) is 0 Å². The molecule has 0 aromatic rings. The molecule has 2 saturated carbocycles. The summed E-state index contributed by atoms with van der Waals surface area (Å²) in [7, 11) is 0. The molecule has 9 nitrogen and oxygen atoms in total. The number of quaternary nitrogens is 1. The highest BCUT2D eigenvalue weighted by Gasteiger charge is 2.23. The van der Waals surface area contributed by atoms with Crippen molar-refractivity contribution in [1.82, 2.24) is 5.32 Å². The Balaban J connectivity index is 0.000000308. The van der Waals surface area contributed by atoms with E-state index in [1.807, 2.05) is 0 Å². The van der Waals surface area contributed by atoms with E-state index in [9.17, 15) is 14.7 Å². The van der Waals surface area contributed by atoms with Crippen molar-refractivity contribution in [2.75, 3.05) is 6.54 Å². The van der Waals surface area contributed by atoms with Gasteiger partial charge >= 0.3 is 6.09 Å². The van der Waals surface area contributed by atoms with E-state index in [4.69, 9.17) is 10.3 Å². The van der Waals surface area contributed by atoms with Crippen LogP contribution in [0.2, 0.25) is 0 Å². The first-order chi connectivity index (χ1) is 14.2. The molecule has 0 aliphatic heterocycles. The Hall–Kier alpha value is -1.99.